The molecule has 36 heavy (non-hydrogen) atoms. The molecule has 1 aromatic carbocycles. The fraction of sp³-hybridized carbons (Fsp3) is 0.458. The number of nitrogens with two attached hydrogens (primary N) is 1. The average molecular weight is 494 g/mol. The Bertz CT molecular complexity index is 1350. The van der Waals surface area contributed by atoms with Gasteiger partial charge in [0.15, 0.2) is 17.1 Å². The summed E-state index contributed by atoms with van der Waals surface area (Å²) in [5.41, 5.74) is 8.40. The van der Waals surface area contributed by atoms with Crippen molar-refractivity contribution < 1.29 is 23.8 Å². The van der Waals surface area contributed by atoms with Crippen LogP contribution in [-0.4, -0.2) is 87.5 Å². The first kappa shape index (κ1) is 22.4. The van der Waals surface area contributed by atoms with Crippen LogP contribution in [0.2, 0.25) is 0 Å². The largest absolute Gasteiger partial charge is 0.493 e. The van der Waals surface area contributed by atoms with E-state index >= 15 is 0 Å². The van der Waals surface area contributed by atoms with Gasteiger partial charge in [-0.2, -0.15) is 5.10 Å². The number of rotatable bonds is 4. The number of anilines is 1. The predicted molar refractivity (Wildman–Crippen MR) is 129 cm³/mol. The lowest BCUT2D eigenvalue weighted by Gasteiger charge is -2.36. The summed E-state index contributed by atoms with van der Waals surface area (Å²) in [4.78, 5) is 37.2. The minimum atomic E-state index is -0.445. The van der Waals surface area contributed by atoms with Gasteiger partial charge in [0.05, 0.1) is 32.2 Å². The van der Waals surface area contributed by atoms with Crippen LogP contribution in [0, 0.1) is 0 Å². The second-order valence-corrected chi connectivity index (χ2v) is 9.28. The molecule has 6 rings (SSSR count). The highest BCUT2D eigenvalue weighted by Gasteiger charge is 2.49. The molecular formula is C24H27N7O5. The van der Waals surface area contributed by atoms with Gasteiger partial charge < -0.3 is 29.7 Å². The second-order valence-electron chi connectivity index (χ2n) is 9.28. The van der Waals surface area contributed by atoms with E-state index in [-0.39, 0.29) is 24.1 Å². The molecule has 3 aliphatic rings. The Hall–Kier alpha value is -4.09. The number of likely N-dealkylation sites (tertiary alicyclic amines) is 2. The number of piperidine rings is 1. The van der Waals surface area contributed by atoms with Crippen molar-refractivity contribution in [1.29, 1.82) is 0 Å². The highest BCUT2D eigenvalue weighted by molar-refractivity contribution is 5.98. The molecule has 5 heterocycles. The van der Waals surface area contributed by atoms with Gasteiger partial charge in [-0.05, 0) is 31.0 Å². The van der Waals surface area contributed by atoms with Crippen LogP contribution in [0.5, 0.6) is 11.5 Å². The molecule has 0 unspecified atom stereocenters. The third kappa shape index (κ3) is 3.47. The number of carbonyl (C=O) groups is 2. The lowest BCUT2D eigenvalue weighted by atomic mass is 10.1. The number of morpholine rings is 1. The minimum Gasteiger partial charge on any atom is -0.493 e. The Morgan fingerprint density at radius 1 is 1.14 bits per heavy atom. The maximum Gasteiger partial charge on any atom is 0.329 e. The monoisotopic (exact) mass is 493 g/mol. The summed E-state index contributed by atoms with van der Waals surface area (Å²) in [5.74, 6) is 1.25. The quantitative estimate of drug-likeness (QED) is 0.540. The van der Waals surface area contributed by atoms with Gasteiger partial charge in [-0.3, -0.25) is 0 Å². The zero-order valence-corrected chi connectivity index (χ0v) is 20.1. The molecule has 3 fully saturated rings. The zero-order chi connectivity index (χ0) is 25.0. The number of methoxy groups -OCH3 is 2. The van der Waals surface area contributed by atoms with E-state index in [1.54, 1.807) is 19.1 Å². The molecule has 0 radical (unpaired) electrons. The minimum absolute atomic E-state index is 0.0275. The molecule has 2 N–H and O–H groups in total. The summed E-state index contributed by atoms with van der Waals surface area (Å²) in [5, 5.41) is 5.60. The smallest absolute Gasteiger partial charge is 0.329 e. The number of hydrogen-bond acceptors (Lipinski definition) is 9. The molecule has 0 spiro atoms. The van der Waals surface area contributed by atoms with Crippen molar-refractivity contribution in [2.45, 2.75) is 37.5 Å². The molecule has 188 valence electrons. The summed E-state index contributed by atoms with van der Waals surface area (Å²) in [6.07, 6.45) is 3.27. The fourth-order valence-corrected chi connectivity index (χ4v) is 5.48. The van der Waals surface area contributed by atoms with Crippen LogP contribution < -0.4 is 15.2 Å². The van der Waals surface area contributed by atoms with E-state index < -0.39 is 6.04 Å². The molecule has 0 aliphatic carbocycles. The van der Waals surface area contributed by atoms with Gasteiger partial charge in [0.25, 0.3) is 0 Å². The highest BCUT2D eigenvalue weighted by atomic mass is 16.6. The summed E-state index contributed by atoms with van der Waals surface area (Å²) in [6, 6.07) is 5.06. The molecule has 3 saturated heterocycles. The van der Waals surface area contributed by atoms with Gasteiger partial charge in [-0.25, -0.2) is 24.2 Å². The first-order valence-corrected chi connectivity index (χ1v) is 12.0. The number of nitrogens with zero attached hydrogens (tertiary/aromatic N) is 6. The first-order valence-electron chi connectivity index (χ1n) is 12.0. The Morgan fingerprint density at radius 2 is 1.92 bits per heavy atom. The molecule has 12 nitrogen and oxygen atoms in total. The number of hydrogen-bond donors (Lipinski definition) is 1. The third-order valence-corrected chi connectivity index (χ3v) is 7.32. The van der Waals surface area contributed by atoms with Crippen molar-refractivity contribution in [3.05, 3.63) is 24.5 Å². The third-order valence-electron chi connectivity index (χ3n) is 7.32. The van der Waals surface area contributed by atoms with Crippen molar-refractivity contribution in [3.63, 3.8) is 0 Å². The van der Waals surface area contributed by atoms with Crippen molar-refractivity contribution in [3.8, 4) is 22.8 Å². The SMILES string of the molecule is COc1ccc(-c2nn(C3CCN(C(=O)N4C[C@H]5C[C@@H]4C(=O)O5)CC3)c3ncnc(N)c23)cc1OC. The Morgan fingerprint density at radius 3 is 2.61 bits per heavy atom. The van der Waals surface area contributed by atoms with Crippen LogP contribution in [-0.2, 0) is 9.53 Å². The van der Waals surface area contributed by atoms with Crippen molar-refractivity contribution >= 4 is 28.9 Å². The summed E-state index contributed by atoms with van der Waals surface area (Å²) < 4.78 is 18.0. The van der Waals surface area contributed by atoms with Crippen LogP contribution in [0.1, 0.15) is 25.3 Å². The molecule has 2 amide bonds. The van der Waals surface area contributed by atoms with E-state index in [0.717, 1.165) is 5.56 Å². The predicted octanol–water partition coefficient (Wildman–Crippen LogP) is 1.85. The summed E-state index contributed by atoms with van der Waals surface area (Å²) >= 11 is 0. The lowest BCUT2D eigenvalue weighted by molar-refractivity contribution is -0.149. The van der Waals surface area contributed by atoms with E-state index in [1.165, 1.54) is 6.33 Å². The molecule has 3 aromatic rings. The molecule has 0 saturated carbocycles. The standard InChI is InChI=1S/C24H27N7O5/c1-34-17-4-3-13(9-18(17)35-2)20-19-21(25)26-12-27-22(19)31(28-20)14-5-7-29(8-6-14)24(33)30-11-15-10-16(30)23(32)36-15/h3-4,9,12,14-16H,5-8,10-11H2,1-2H3,(H2,25,26,27)/t15-,16-/m1/s1. The maximum atomic E-state index is 13.1. The van der Waals surface area contributed by atoms with Crippen LogP contribution in [0.15, 0.2) is 24.5 Å². The Kier molecular flexibility index (Phi) is 5.31. The van der Waals surface area contributed by atoms with Gasteiger partial charge in [0, 0.05) is 25.1 Å². The number of fused-ring (bicyclic) bond motifs is 3. The number of carbonyl (C=O) groups excluding carboxylic acids is 2. The normalized spacial score (nSPS) is 21.8. The van der Waals surface area contributed by atoms with Crippen molar-refractivity contribution in [2.24, 2.45) is 0 Å². The van der Waals surface area contributed by atoms with Gasteiger partial charge >= 0.3 is 12.0 Å². The van der Waals surface area contributed by atoms with E-state index in [0.29, 0.717) is 72.9 Å². The Balaban J connectivity index is 1.27. The van der Waals surface area contributed by atoms with Crippen LogP contribution in [0.4, 0.5) is 10.6 Å². The summed E-state index contributed by atoms with van der Waals surface area (Å²) in [7, 11) is 3.17. The molecular weight excluding hydrogens is 466 g/mol. The number of nitrogen functional groups attached to an aromatic ring is 1. The number of urea groups is 1. The highest BCUT2D eigenvalue weighted by Crippen LogP contribution is 2.38. The lowest BCUT2D eigenvalue weighted by Crippen LogP contribution is -2.52. The summed E-state index contributed by atoms with van der Waals surface area (Å²) in [6.45, 7) is 1.59. The number of benzene rings is 1. The van der Waals surface area contributed by atoms with E-state index in [2.05, 4.69) is 9.97 Å². The second kappa shape index (κ2) is 8.54. The van der Waals surface area contributed by atoms with E-state index in [4.69, 9.17) is 25.0 Å². The van der Waals surface area contributed by atoms with Gasteiger partial charge in [-0.15, -0.1) is 0 Å². The van der Waals surface area contributed by atoms with E-state index in [9.17, 15) is 9.59 Å². The fourth-order valence-electron chi connectivity index (χ4n) is 5.48. The first-order chi connectivity index (χ1) is 17.5. The van der Waals surface area contributed by atoms with Gasteiger partial charge in [0.1, 0.15) is 30.0 Å². The molecule has 2 bridgehead atoms. The number of aromatic nitrogens is 4. The zero-order valence-electron chi connectivity index (χ0n) is 20.1. The molecule has 2 atom stereocenters. The van der Waals surface area contributed by atoms with Crippen molar-refractivity contribution in [2.75, 3.05) is 39.6 Å². The van der Waals surface area contributed by atoms with Crippen LogP contribution in [0.25, 0.3) is 22.3 Å². The number of ether oxygens (including phenoxy) is 3. The van der Waals surface area contributed by atoms with E-state index in [1.807, 2.05) is 27.8 Å². The van der Waals surface area contributed by atoms with Gasteiger partial charge in [-0.1, -0.05) is 0 Å². The molecule has 12 heteroatoms. The average Bonchev–Trinajstić information content (AvgIpc) is 3.61. The maximum absolute atomic E-state index is 13.1. The van der Waals surface area contributed by atoms with Crippen LogP contribution >= 0.6 is 0 Å². The number of amides is 2. The van der Waals surface area contributed by atoms with Crippen molar-refractivity contribution in [1.82, 2.24) is 29.5 Å². The number of esters is 1. The van der Waals surface area contributed by atoms with Gasteiger partial charge in [0.2, 0.25) is 0 Å². The topological polar surface area (TPSA) is 138 Å². The van der Waals surface area contributed by atoms with Crippen LogP contribution in [0.3, 0.4) is 0 Å². The molecule has 2 aromatic heterocycles. The molecule has 3 aliphatic heterocycles. The Labute approximate surface area is 206 Å².